The zero-order valence-corrected chi connectivity index (χ0v) is 12.6. The number of nitrogens with two attached hydrogens (primary N) is 1. The van der Waals surface area contributed by atoms with Crippen molar-refractivity contribution in [3.8, 4) is 0 Å². The fourth-order valence-corrected chi connectivity index (χ4v) is 1.96. The molecule has 1 unspecified atom stereocenters. The van der Waals surface area contributed by atoms with Crippen molar-refractivity contribution in [1.29, 1.82) is 0 Å². The Kier molecular flexibility index (Phi) is 6.54. The van der Waals surface area contributed by atoms with Gasteiger partial charge in [-0.15, -0.1) is 24.8 Å². The maximum Gasteiger partial charge on any atom is 0.0458 e. The molecule has 0 saturated carbocycles. The minimum atomic E-state index is 0. The highest BCUT2D eigenvalue weighted by Crippen LogP contribution is 2.24. The molecule has 2 aromatic rings. The Labute approximate surface area is 121 Å². The molecule has 2 rings (SSSR count). The molecule has 102 valence electrons. The number of anilines is 1. The first kappa shape index (κ1) is 17.1. The molecule has 0 bridgehead atoms. The Morgan fingerprint density at radius 3 is 2.50 bits per heavy atom. The van der Waals surface area contributed by atoms with Crippen LogP contribution in [0.2, 0.25) is 0 Å². The average molecular weight is 290 g/mol. The Bertz CT molecular complexity index is 492. The van der Waals surface area contributed by atoms with Crippen molar-refractivity contribution in [1.82, 2.24) is 4.98 Å². The SMILES string of the molecule is CC(N)Cc1c[nH]c2ccc(N(C)C)cc12.Cl.Cl. The van der Waals surface area contributed by atoms with Crippen molar-refractivity contribution in [3.63, 3.8) is 0 Å². The Morgan fingerprint density at radius 2 is 1.94 bits per heavy atom. The number of fused-ring (bicyclic) bond motifs is 1. The van der Waals surface area contributed by atoms with Gasteiger partial charge in [-0.3, -0.25) is 0 Å². The molecule has 0 aliphatic rings. The minimum absolute atomic E-state index is 0. The summed E-state index contributed by atoms with van der Waals surface area (Å²) in [6.45, 7) is 2.04. The van der Waals surface area contributed by atoms with Crippen LogP contribution in [0.3, 0.4) is 0 Å². The molecular formula is C13H21Cl2N3. The van der Waals surface area contributed by atoms with Gasteiger partial charge in [-0.2, -0.15) is 0 Å². The zero-order chi connectivity index (χ0) is 11.7. The van der Waals surface area contributed by atoms with Gasteiger partial charge in [0, 0.05) is 42.9 Å². The summed E-state index contributed by atoms with van der Waals surface area (Å²) in [4.78, 5) is 5.40. The van der Waals surface area contributed by atoms with E-state index in [1.165, 1.54) is 22.2 Å². The van der Waals surface area contributed by atoms with Gasteiger partial charge in [-0.25, -0.2) is 0 Å². The van der Waals surface area contributed by atoms with Crippen LogP contribution >= 0.6 is 24.8 Å². The first-order chi connectivity index (χ1) is 7.58. The van der Waals surface area contributed by atoms with Gasteiger partial charge >= 0.3 is 0 Å². The highest BCUT2D eigenvalue weighted by atomic mass is 35.5. The number of hydrogen-bond donors (Lipinski definition) is 2. The number of aromatic nitrogens is 1. The molecule has 3 N–H and O–H groups in total. The van der Waals surface area contributed by atoms with Crippen molar-refractivity contribution in [2.24, 2.45) is 5.73 Å². The van der Waals surface area contributed by atoms with Gasteiger partial charge in [0.05, 0.1) is 0 Å². The lowest BCUT2D eigenvalue weighted by Gasteiger charge is -2.12. The second kappa shape index (κ2) is 6.88. The number of aromatic amines is 1. The van der Waals surface area contributed by atoms with E-state index in [9.17, 15) is 0 Å². The lowest BCUT2D eigenvalue weighted by molar-refractivity contribution is 0.741. The quantitative estimate of drug-likeness (QED) is 0.913. The molecule has 5 heteroatoms. The fraction of sp³-hybridized carbons (Fsp3) is 0.385. The average Bonchev–Trinajstić information content (AvgIpc) is 2.60. The molecule has 3 nitrogen and oxygen atoms in total. The molecule has 0 aliphatic carbocycles. The standard InChI is InChI=1S/C13H19N3.2ClH/c1-9(14)6-10-8-15-13-5-4-11(16(2)3)7-12(10)13;;/h4-5,7-9,15H,6,14H2,1-3H3;2*1H. The maximum absolute atomic E-state index is 5.85. The minimum Gasteiger partial charge on any atom is -0.378 e. The monoisotopic (exact) mass is 289 g/mol. The second-order valence-electron chi connectivity index (χ2n) is 4.62. The predicted molar refractivity (Wildman–Crippen MR) is 84.5 cm³/mol. The van der Waals surface area contributed by atoms with Crippen molar-refractivity contribution >= 4 is 41.4 Å². The lowest BCUT2D eigenvalue weighted by atomic mass is 10.1. The first-order valence-electron chi connectivity index (χ1n) is 5.61. The highest BCUT2D eigenvalue weighted by Gasteiger charge is 2.07. The normalized spacial score (nSPS) is 11.6. The van der Waals surface area contributed by atoms with E-state index in [1.54, 1.807) is 0 Å². The number of hydrogen-bond acceptors (Lipinski definition) is 2. The van der Waals surface area contributed by atoms with Crippen LogP contribution in [0.25, 0.3) is 10.9 Å². The number of benzene rings is 1. The van der Waals surface area contributed by atoms with E-state index in [0.717, 1.165) is 6.42 Å². The number of H-pyrrole nitrogens is 1. The third-order valence-corrected chi connectivity index (χ3v) is 2.81. The Balaban J connectivity index is 0.00000144. The molecular weight excluding hydrogens is 269 g/mol. The van der Waals surface area contributed by atoms with Gasteiger partial charge in [-0.05, 0) is 37.1 Å². The van der Waals surface area contributed by atoms with Crippen LogP contribution in [0.5, 0.6) is 0 Å². The van der Waals surface area contributed by atoms with Crippen LogP contribution in [0.4, 0.5) is 5.69 Å². The third kappa shape index (κ3) is 3.55. The molecule has 1 aromatic carbocycles. The van der Waals surface area contributed by atoms with Gasteiger partial charge in [0.1, 0.15) is 0 Å². The summed E-state index contributed by atoms with van der Waals surface area (Å²) in [5.74, 6) is 0. The summed E-state index contributed by atoms with van der Waals surface area (Å²) in [5.41, 5.74) is 9.55. The molecule has 1 aromatic heterocycles. The van der Waals surface area contributed by atoms with E-state index < -0.39 is 0 Å². The van der Waals surface area contributed by atoms with Gasteiger partial charge in [0.15, 0.2) is 0 Å². The summed E-state index contributed by atoms with van der Waals surface area (Å²) < 4.78 is 0. The molecule has 0 amide bonds. The smallest absolute Gasteiger partial charge is 0.0458 e. The molecule has 0 saturated heterocycles. The largest absolute Gasteiger partial charge is 0.378 e. The lowest BCUT2D eigenvalue weighted by Crippen LogP contribution is -2.17. The first-order valence-corrected chi connectivity index (χ1v) is 5.61. The summed E-state index contributed by atoms with van der Waals surface area (Å²) in [6.07, 6.45) is 2.98. The number of rotatable bonds is 3. The van der Waals surface area contributed by atoms with E-state index in [0.29, 0.717) is 0 Å². The van der Waals surface area contributed by atoms with Gasteiger partial charge < -0.3 is 15.6 Å². The molecule has 1 heterocycles. The van der Waals surface area contributed by atoms with Crippen LogP contribution in [0.1, 0.15) is 12.5 Å². The Hall–Kier alpha value is -0.900. The van der Waals surface area contributed by atoms with Crippen molar-refractivity contribution in [3.05, 3.63) is 30.0 Å². The van der Waals surface area contributed by atoms with Gasteiger partial charge in [0.25, 0.3) is 0 Å². The van der Waals surface area contributed by atoms with Crippen LogP contribution in [0, 0.1) is 0 Å². The van der Waals surface area contributed by atoms with Crippen LogP contribution in [-0.2, 0) is 6.42 Å². The van der Waals surface area contributed by atoms with E-state index in [2.05, 4.69) is 48.4 Å². The van der Waals surface area contributed by atoms with Gasteiger partial charge in [-0.1, -0.05) is 0 Å². The van der Waals surface area contributed by atoms with E-state index in [4.69, 9.17) is 5.73 Å². The van der Waals surface area contributed by atoms with E-state index >= 15 is 0 Å². The zero-order valence-electron chi connectivity index (χ0n) is 10.9. The van der Waals surface area contributed by atoms with Crippen LogP contribution < -0.4 is 10.6 Å². The summed E-state index contributed by atoms with van der Waals surface area (Å²) in [7, 11) is 4.11. The summed E-state index contributed by atoms with van der Waals surface area (Å²) in [5, 5.41) is 1.28. The third-order valence-electron chi connectivity index (χ3n) is 2.81. The molecule has 0 spiro atoms. The van der Waals surface area contributed by atoms with Crippen molar-refractivity contribution in [2.45, 2.75) is 19.4 Å². The number of nitrogens with one attached hydrogen (secondary N) is 1. The van der Waals surface area contributed by atoms with Crippen molar-refractivity contribution < 1.29 is 0 Å². The van der Waals surface area contributed by atoms with Crippen LogP contribution in [-0.4, -0.2) is 25.1 Å². The second-order valence-corrected chi connectivity index (χ2v) is 4.62. The van der Waals surface area contributed by atoms with Crippen LogP contribution in [0.15, 0.2) is 24.4 Å². The molecule has 1 atom stereocenters. The topological polar surface area (TPSA) is 45.1 Å². The molecule has 0 fully saturated rings. The highest BCUT2D eigenvalue weighted by molar-refractivity contribution is 5.86. The Morgan fingerprint density at radius 1 is 1.28 bits per heavy atom. The van der Waals surface area contributed by atoms with Crippen molar-refractivity contribution in [2.75, 3.05) is 19.0 Å². The fourth-order valence-electron chi connectivity index (χ4n) is 1.96. The number of halogens is 2. The summed E-state index contributed by atoms with van der Waals surface area (Å²) >= 11 is 0. The predicted octanol–water partition coefficient (Wildman–Crippen LogP) is 2.97. The number of nitrogens with zero attached hydrogens (tertiary/aromatic N) is 1. The molecule has 0 aliphatic heterocycles. The maximum atomic E-state index is 5.85. The summed E-state index contributed by atoms with van der Waals surface area (Å²) in [6, 6.07) is 6.65. The molecule has 0 radical (unpaired) electrons. The van der Waals surface area contributed by atoms with Gasteiger partial charge in [0.2, 0.25) is 0 Å². The van der Waals surface area contributed by atoms with E-state index in [1.807, 2.05) is 6.92 Å². The molecule has 18 heavy (non-hydrogen) atoms. The van der Waals surface area contributed by atoms with E-state index in [-0.39, 0.29) is 30.9 Å².